The third-order valence-corrected chi connectivity index (χ3v) is 6.91. The lowest BCUT2D eigenvalue weighted by molar-refractivity contribution is -0.141. The first-order valence-corrected chi connectivity index (χ1v) is 12.7. The van der Waals surface area contributed by atoms with Crippen LogP contribution in [0.25, 0.3) is 0 Å². The average molecular weight is 567 g/mol. The topological polar surface area (TPSA) is 93.8 Å². The van der Waals surface area contributed by atoms with Crippen molar-refractivity contribution in [3.05, 3.63) is 75.5 Å². The van der Waals surface area contributed by atoms with E-state index in [4.69, 9.17) is 0 Å². The van der Waals surface area contributed by atoms with Crippen molar-refractivity contribution in [1.29, 1.82) is 0 Å². The first kappa shape index (κ1) is 29.4. The van der Waals surface area contributed by atoms with Gasteiger partial charge in [-0.1, -0.05) is 13.0 Å². The predicted octanol–water partition coefficient (Wildman–Crippen LogP) is 4.48. The van der Waals surface area contributed by atoms with E-state index in [0.717, 1.165) is 12.3 Å². The maximum Gasteiger partial charge on any atom is 0.406 e. The minimum atomic E-state index is -4.74. The van der Waals surface area contributed by atoms with Crippen LogP contribution in [0.3, 0.4) is 0 Å². The minimum absolute atomic E-state index is 0.103. The molecule has 1 fully saturated rings. The lowest BCUT2D eigenvalue weighted by Crippen LogP contribution is -2.43. The van der Waals surface area contributed by atoms with Crippen LogP contribution >= 0.6 is 0 Å². The largest absolute Gasteiger partial charge is 0.406 e. The molecule has 1 aliphatic rings. The molecule has 2 aromatic heterocycles. The van der Waals surface area contributed by atoms with Gasteiger partial charge in [-0.25, -0.2) is 8.78 Å². The summed E-state index contributed by atoms with van der Waals surface area (Å²) < 4.78 is 70.4. The second kappa shape index (κ2) is 10.8. The van der Waals surface area contributed by atoms with Crippen molar-refractivity contribution in [2.24, 2.45) is 13.0 Å². The Labute approximate surface area is 227 Å². The number of pyridine rings is 1. The summed E-state index contributed by atoms with van der Waals surface area (Å²) >= 11 is 0. The Morgan fingerprint density at radius 2 is 1.88 bits per heavy atom. The highest BCUT2D eigenvalue weighted by Crippen LogP contribution is 2.51. The fraction of sp³-hybridized carbons (Fsp3) is 0.481. The number of carbonyl (C=O) groups is 1. The fourth-order valence-corrected chi connectivity index (χ4v) is 5.27. The minimum Gasteiger partial charge on any atom is -0.320 e. The number of aromatic nitrogens is 4. The van der Waals surface area contributed by atoms with E-state index in [1.807, 2.05) is 0 Å². The Bertz CT molecular complexity index is 1450. The number of aryl methyl sites for hydroxylation is 1. The lowest BCUT2D eigenvalue weighted by Gasteiger charge is -2.46. The Morgan fingerprint density at radius 1 is 1.18 bits per heavy atom. The number of benzene rings is 1. The van der Waals surface area contributed by atoms with E-state index in [2.05, 4.69) is 27.8 Å². The van der Waals surface area contributed by atoms with Gasteiger partial charge in [0.15, 0.2) is 0 Å². The zero-order valence-corrected chi connectivity index (χ0v) is 22.6. The van der Waals surface area contributed by atoms with Crippen molar-refractivity contribution < 1.29 is 26.7 Å². The van der Waals surface area contributed by atoms with Gasteiger partial charge in [0.2, 0.25) is 0 Å². The standard InChI is InChI=1S/C27H31F5N6O2/c1-16-9-26(10-16,24-36-34-15-37(24)4)18-5-6-20(28)21(8-18)35-22(39)19-7-17(11-33-13-25(2,3)29)12-38(23(19)40)14-27(30,31)32/h5-8,12,15-16,33H,9-11,13-14H2,1-4H3,(H,35,39). The van der Waals surface area contributed by atoms with Gasteiger partial charge in [-0.15, -0.1) is 10.2 Å². The van der Waals surface area contributed by atoms with Crippen LogP contribution in [0.2, 0.25) is 0 Å². The molecule has 0 spiro atoms. The molecule has 0 bridgehead atoms. The van der Waals surface area contributed by atoms with E-state index in [9.17, 15) is 31.5 Å². The molecule has 2 heterocycles. The maximum atomic E-state index is 14.9. The van der Waals surface area contributed by atoms with Crippen LogP contribution in [0.5, 0.6) is 0 Å². The molecule has 2 N–H and O–H groups in total. The molecular weight excluding hydrogens is 535 g/mol. The lowest BCUT2D eigenvalue weighted by atomic mass is 9.58. The highest BCUT2D eigenvalue weighted by Gasteiger charge is 2.48. The average Bonchev–Trinajstić information content (AvgIpc) is 3.24. The van der Waals surface area contributed by atoms with E-state index in [1.54, 1.807) is 24.0 Å². The van der Waals surface area contributed by atoms with Gasteiger partial charge in [-0.05, 0) is 61.9 Å². The SMILES string of the molecule is CC1CC(c2ccc(F)c(NC(=O)c3cc(CNCC(C)(C)F)cn(CC(F)(F)F)c3=O)c2)(c2nncn2C)C1. The number of carbonyl (C=O) groups excluding carboxylic acids is 1. The first-order chi connectivity index (χ1) is 18.6. The molecule has 216 valence electrons. The zero-order valence-electron chi connectivity index (χ0n) is 22.6. The van der Waals surface area contributed by atoms with Crippen LogP contribution in [0.1, 0.15) is 60.9 Å². The van der Waals surface area contributed by atoms with Crippen LogP contribution in [-0.2, 0) is 25.6 Å². The van der Waals surface area contributed by atoms with Gasteiger partial charge in [-0.3, -0.25) is 9.59 Å². The summed E-state index contributed by atoms with van der Waals surface area (Å²) in [6, 6.07) is 5.36. The van der Waals surface area contributed by atoms with Crippen molar-refractivity contribution in [2.45, 2.75) is 64.0 Å². The van der Waals surface area contributed by atoms with Crippen molar-refractivity contribution in [3.63, 3.8) is 0 Å². The number of alkyl halides is 4. The summed E-state index contributed by atoms with van der Waals surface area (Å²) in [7, 11) is 1.80. The molecule has 13 heteroatoms. The van der Waals surface area contributed by atoms with Crippen molar-refractivity contribution in [2.75, 3.05) is 11.9 Å². The molecule has 0 radical (unpaired) electrons. The third-order valence-electron chi connectivity index (χ3n) is 6.91. The number of rotatable bonds is 9. The maximum absolute atomic E-state index is 14.9. The van der Waals surface area contributed by atoms with Crippen molar-refractivity contribution in [1.82, 2.24) is 24.6 Å². The molecule has 8 nitrogen and oxygen atoms in total. The van der Waals surface area contributed by atoms with Gasteiger partial charge in [-0.2, -0.15) is 13.2 Å². The quantitative estimate of drug-likeness (QED) is 0.373. The summed E-state index contributed by atoms with van der Waals surface area (Å²) in [4.78, 5) is 26.1. The first-order valence-electron chi connectivity index (χ1n) is 12.7. The second-order valence-electron chi connectivity index (χ2n) is 11.1. The number of anilines is 1. The zero-order chi connectivity index (χ0) is 29.5. The van der Waals surface area contributed by atoms with Gasteiger partial charge in [0.05, 0.1) is 11.1 Å². The Kier molecular flexibility index (Phi) is 7.90. The molecule has 1 aromatic carbocycles. The van der Waals surface area contributed by atoms with Gasteiger partial charge in [0.1, 0.15) is 35.7 Å². The van der Waals surface area contributed by atoms with E-state index in [1.165, 1.54) is 26.0 Å². The molecule has 0 atom stereocenters. The molecule has 3 aromatic rings. The van der Waals surface area contributed by atoms with Crippen LogP contribution in [0, 0.1) is 11.7 Å². The van der Waals surface area contributed by atoms with E-state index in [0.29, 0.717) is 34.7 Å². The number of hydrogen-bond donors (Lipinski definition) is 2. The smallest absolute Gasteiger partial charge is 0.320 e. The van der Waals surface area contributed by atoms with Crippen molar-refractivity contribution in [3.8, 4) is 0 Å². The fourth-order valence-electron chi connectivity index (χ4n) is 5.27. The second-order valence-corrected chi connectivity index (χ2v) is 11.1. The van der Waals surface area contributed by atoms with Crippen LogP contribution in [0.4, 0.5) is 27.6 Å². The van der Waals surface area contributed by atoms with Crippen LogP contribution in [0.15, 0.2) is 41.6 Å². The van der Waals surface area contributed by atoms with Gasteiger partial charge in [0, 0.05) is 26.3 Å². The Morgan fingerprint density at radius 3 is 2.45 bits per heavy atom. The number of amides is 1. The van der Waals surface area contributed by atoms with E-state index < -0.39 is 46.7 Å². The van der Waals surface area contributed by atoms with E-state index in [-0.39, 0.29) is 24.3 Å². The predicted molar refractivity (Wildman–Crippen MR) is 138 cm³/mol. The summed E-state index contributed by atoms with van der Waals surface area (Å²) in [6.45, 7) is 2.88. The van der Waals surface area contributed by atoms with Gasteiger partial charge >= 0.3 is 6.18 Å². The molecule has 1 aliphatic carbocycles. The highest BCUT2D eigenvalue weighted by molar-refractivity contribution is 6.04. The highest BCUT2D eigenvalue weighted by atomic mass is 19.4. The third kappa shape index (κ3) is 6.40. The summed E-state index contributed by atoms with van der Waals surface area (Å²) in [5.74, 6) is -0.803. The van der Waals surface area contributed by atoms with Gasteiger partial charge < -0.3 is 19.8 Å². The number of nitrogens with one attached hydrogen (secondary N) is 2. The molecule has 0 saturated heterocycles. The summed E-state index contributed by atoms with van der Waals surface area (Å²) in [5.41, 5.74) is -3.35. The normalized spacial score (nSPS) is 19.4. The molecule has 1 saturated carbocycles. The summed E-state index contributed by atoms with van der Waals surface area (Å²) in [5, 5.41) is 13.3. The van der Waals surface area contributed by atoms with Crippen LogP contribution < -0.4 is 16.2 Å². The van der Waals surface area contributed by atoms with E-state index >= 15 is 0 Å². The molecular formula is C27H31F5N6O2. The van der Waals surface area contributed by atoms with Crippen molar-refractivity contribution >= 4 is 11.6 Å². The number of halogens is 5. The Balaban J connectivity index is 1.67. The molecule has 40 heavy (non-hydrogen) atoms. The number of hydrogen-bond acceptors (Lipinski definition) is 5. The monoisotopic (exact) mass is 566 g/mol. The molecule has 0 aliphatic heterocycles. The van der Waals surface area contributed by atoms with Gasteiger partial charge in [0.25, 0.3) is 11.5 Å². The molecule has 0 unspecified atom stereocenters. The molecule has 4 rings (SSSR count). The van der Waals surface area contributed by atoms with Crippen LogP contribution in [-0.4, -0.2) is 43.6 Å². The molecule has 1 amide bonds. The summed E-state index contributed by atoms with van der Waals surface area (Å²) in [6.07, 6.45) is -0.779. The Hall–Kier alpha value is -3.61. The number of nitrogens with zero attached hydrogens (tertiary/aromatic N) is 4.